The fourth-order valence-corrected chi connectivity index (χ4v) is 1.26. The molecule has 0 aromatic heterocycles. The summed E-state index contributed by atoms with van der Waals surface area (Å²) >= 11 is 0. The second-order valence-corrected chi connectivity index (χ2v) is 3.55. The molecule has 3 nitrogen and oxygen atoms in total. The molecule has 0 aromatic rings. The molecule has 0 bridgehead atoms. The van der Waals surface area contributed by atoms with E-state index in [9.17, 15) is 9.90 Å². The monoisotopic (exact) mass is 188 g/mol. The quantitative estimate of drug-likeness (QED) is 0.668. The summed E-state index contributed by atoms with van der Waals surface area (Å²) in [5, 5.41) is 10.0. The van der Waals surface area contributed by atoms with Gasteiger partial charge in [0.2, 0.25) is 0 Å². The molecule has 1 N–H and O–H groups in total. The van der Waals surface area contributed by atoms with Crippen molar-refractivity contribution in [2.45, 2.75) is 46.1 Å². The van der Waals surface area contributed by atoms with E-state index in [0.29, 0.717) is 13.0 Å². The summed E-state index contributed by atoms with van der Waals surface area (Å²) in [6.07, 6.45) is 1.23. The average Bonchev–Trinajstić information content (AvgIpc) is 2.04. The number of aliphatic hydroxyl groups is 1. The maximum Gasteiger partial charge on any atom is 0.338 e. The fourth-order valence-electron chi connectivity index (χ4n) is 1.26. The molecule has 0 aromatic carbocycles. The van der Waals surface area contributed by atoms with Gasteiger partial charge in [-0.3, -0.25) is 0 Å². The number of hydrogen-bond acceptors (Lipinski definition) is 3. The Morgan fingerprint density at radius 1 is 1.46 bits per heavy atom. The number of ether oxygens (including phenoxy) is 1. The van der Waals surface area contributed by atoms with Crippen molar-refractivity contribution in [1.29, 1.82) is 0 Å². The third-order valence-corrected chi connectivity index (χ3v) is 2.22. The zero-order valence-electron chi connectivity index (χ0n) is 8.96. The van der Waals surface area contributed by atoms with E-state index in [0.717, 1.165) is 6.42 Å². The highest BCUT2D eigenvalue weighted by Crippen LogP contribution is 2.24. The van der Waals surface area contributed by atoms with E-state index in [1.807, 2.05) is 20.8 Å². The maximum absolute atomic E-state index is 11.4. The lowest BCUT2D eigenvalue weighted by Crippen LogP contribution is -2.44. The van der Waals surface area contributed by atoms with Crippen LogP contribution in [-0.4, -0.2) is 23.3 Å². The van der Waals surface area contributed by atoms with E-state index in [2.05, 4.69) is 0 Å². The molecule has 1 unspecified atom stereocenters. The zero-order chi connectivity index (χ0) is 10.5. The topological polar surface area (TPSA) is 46.5 Å². The molecule has 3 heteroatoms. The molecule has 0 saturated heterocycles. The molecule has 0 heterocycles. The molecule has 0 rings (SSSR count). The van der Waals surface area contributed by atoms with E-state index >= 15 is 0 Å². The first-order valence-corrected chi connectivity index (χ1v) is 4.88. The van der Waals surface area contributed by atoms with Gasteiger partial charge in [0.05, 0.1) is 6.61 Å². The summed E-state index contributed by atoms with van der Waals surface area (Å²) in [5.41, 5.74) is -1.30. The highest BCUT2D eigenvalue weighted by molar-refractivity contribution is 5.79. The van der Waals surface area contributed by atoms with E-state index in [4.69, 9.17) is 4.74 Å². The van der Waals surface area contributed by atoms with Crippen LogP contribution in [0.15, 0.2) is 0 Å². The number of carbonyl (C=O) groups excluding carboxylic acids is 1. The van der Waals surface area contributed by atoms with Gasteiger partial charge in [-0.25, -0.2) is 4.79 Å². The normalized spacial score (nSPS) is 15.5. The lowest BCUT2D eigenvalue weighted by molar-refractivity contribution is -0.171. The summed E-state index contributed by atoms with van der Waals surface area (Å²) in [5.74, 6) is -0.599. The van der Waals surface area contributed by atoms with Gasteiger partial charge in [0.1, 0.15) is 0 Å². The third-order valence-electron chi connectivity index (χ3n) is 2.22. The van der Waals surface area contributed by atoms with Gasteiger partial charge in [0.15, 0.2) is 5.60 Å². The van der Waals surface area contributed by atoms with E-state index in [1.165, 1.54) is 0 Å². The summed E-state index contributed by atoms with van der Waals surface area (Å²) in [7, 11) is 0. The van der Waals surface area contributed by atoms with Gasteiger partial charge in [-0.2, -0.15) is 0 Å². The Kier molecular flexibility index (Phi) is 4.99. The van der Waals surface area contributed by atoms with Gasteiger partial charge in [0.25, 0.3) is 0 Å². The second-order valence-electron chi connectivity index (χ2n) is 3.55. The van der Waals surface area contributed by atoms with Crippen LogP contribution in [0.25, 0.3) is 0 Å². The van der Waals surface area contributed by atoms with Gasteiger partial charge in [-0.1, -0.05) is 27.2 Å². The Morgan fingerprint density at radius 2 is 2.00 bits per heavy atom. The highest BCUT2D eigenvalue weighted by atomic mass is 16.5. The number of hydrogen-bond donors (Lipinski definition) is 1. The Hall–Kier alpha value is -0.570. The van der Waals surface area contributed by atoms with Gasteiger partial charge in [-0.05, 0) is 19.3 Å². The predicted octanol–water partition coefficient (Wildman–Crippen LogP) is 1.74. The predicted molar refractivity (Wildman–Crippen MR) is 51.3 cm³/mol. The number of rotatable bonds is 5. The van der Waals surface area contributed by atoms with Crippen LogP contribution in [0.2, 0.25) is 0 Å². The van der Waals surface area contributed by atoms with Crippen molar-refractivity contribution in [1.82, 2.24) is 0 Å². The van der Waals surface area contributed by atoms with Crippen LogP contribution < -0.4 is 0 Å². The van der Waals surface area contributed by atoms with Crippen LogP contribution >= 0.6 is 0 Å². The van der Waals surface area contributed by atoms with Crippen molar-refractivity contribution in [3.63, 3.8) is 0 Å². The molecular weight excluding hydrogens is 168 g/mol. The van der Waals surface area contributed by atoms with Gasteiger partial charge < -0.3 is 9.84 Å². The van der Waals surface area contributed by atoms with Crippen molar-refractivity contribution >= 4 is 5.97 Å². The van der Waals surface area contributed by atoms with Crippen LogP contribution in [0.4, 0.5) is 0 Å². The Labute approximate surface area is 80.1 Å². The van der Waals surface area contributed by atoms with Gasteiger partial charge >= 0.3 is 5.97 Å². The summed E-state index contributed by atoms with van der Waals surface area (Å²) in [6, 6.07) is 0. The molecule has 0 aliphatic rings. The van der Waals surface area contributed by atoms with Gasteiger partial charge in [0, 0.05) is 0 Å². The maximum atomic E-state index is 11.4. The van der Waals surface area contributed by atoms with Crippen molar-refractivity contribution in [2.24, 2.45) is 5.92 Å². The Bertz CT molecular complexity index is 166. The van der Waals surface area contributed by atoms with Crippen LogP contribution in [0.5, 0.6) is 0 Å². The largest absolute Gasteiger partial charge is 0.464 e. The molecule has 0 fully saturated rings. The summed E-state index contributed by atoms with van der Waals surface area (Å²) in [4.78, 5) is 11.4. The number of carbonyl (C=O) groups is 1. The van der Waals surface area contributed by atoms with Crippen LogP contribution in [0.3, 0.4) is 0 Å². The van der Waals surface area contributed by atoms with Crippen LogP contribution in [-0.2, 0) is 9.53 Å². The smallest absolute Gasteiger partial charge is 0.338 e. The van der Waals surface area contributed by atoms with Crippen molar-refractivity contribution < 1.29 is 14.6 Å². The van der Waals surface area contributed by atoms with E-state index in [-0.39, 0.29) is 5.92 Å². The minimum absolute atomic E-state index is 0.105. The Balaban J connectivity index is 4.47. The van der Waals surface area contributed by atoms with Crippen molar-refractivity contribution in [3.05, 3.63) is 0 Å². The van der Waals surface area contributed by atoms with Crippen LogP contribution in [0, 0.1) is 5.92 Å². The molecule has 13 heavy (non-hydrogen) atoms. The molecule has 1 atom stereocenters. The van der Waals surface area contributed by atoms with Crippen LogP contribution in [0.1, 0.15) is 40.5 Å². The zero-order valence-corrected chi connectivity index (χ0v) is 8.96. The van der Waals surface area contributed by atoms with E-state index < -0.39 is 11.6 Å². The lowest BCUT2D eigenvalue weighted by Gasteiger charge is -2.29. The van der Waals surface area contributed by atoms with Crippen molar-refractivity contribution in [3.8, 4) is 0 Å². The van der Waals surface area contributed by atoms with Crippen molar-refractivity contribution in [2.75, 3.05) is 6.61 Å². The Morgan fingerprint density at radius 3 is 2.31 bits per heavy atom. The van der Waals surface area contributed by atoms with Gasteiger partial charge in [-0.15, -0.1) is 0 Å². The fraction of sp³-hybridized carbons (Fsp3) is 0.900. The molecule has 0 aliphatic heterocycles. The lowest BCUT2D eigenvalue weighted by atomic mass is 9.86. The first-order chi connectivity index (χ1) is 5.99. The first-order valence-electron chi connectivity index (χ1n) is 4.88. The summed E-state index contributed by atoms with van der Waals surface area (Å²) in [6.45, 7) is 7.65. The molecular formula is C10H20O3. The standard InChI is InChI=1S/C10H20O3/c1-5-7-10(12,8(3)4)9(11)13-6-2/h8,12H,5-7H2,1-4H3. The second kappa shape index (κ2) is 5.22. The molecule has 0 saturated carbocycles. The first kappa shape index (κ1) is 12.4. The summed E-state index contributed by atoms with van der Waals surface area (Å²) < 4.78 is 4.83. The third kappa shape index (κ3) is 2.99. The average molecular weight is 188 g/mol. The molecule has 0 spiro atoms. The minimum Gasteiger partial charge on any atom is -0.464 e. The molecule has 78 valence electrons. The SMILES string of the molecule is CCCC(O)(C(=O)OCC)C(C)C. The molecule has 0 aliphatic carbocycles. The molecule has 0 radical (unpaired) electrons. The highest BCUT2D eigenvalue weighted by Gasteiger charge is 2.39. The molecule has 0 amide bonds. The minimum atomic E-state index is -1.30. The number of esters is 1. The van der Waals surface area contributed by atoms with E-state index in [1.54, 1.807) is 6.92 Å².